The highest BCUT2D eigenvalue weighted by molar-refractivity contribution is 6.05. The molecule has 0 aromatic heterocycles. The molecule has 1 aliphatic rings. The molecule has 0 aliphatic carbocycles. The number of likely N-dealkylation sites (N-methyl/N-ethyl adjacent to an activating group) is 1. The van der Waals surface area contributed by atoms with Crippen molar-refractivity contribution >= 4 is 17.5 Å². The molecule has 0 saturated heterocycles. The van der Waals surface area contributed by atoms with Crippen molar-refractivity contribution in [3.63, 3.8) is 0 Å². The van der Waals surface area contributed by atoms with Gasteiger partial charge in [-0.25, -0.2) is 0 Å². The van der Waals surface area contributed by atoms with Gasteiger partial charge in [0.15, 0.2) is 5.60 Å². The zero-order valence-corrected chi connectivity index (χ0v) is 15.8. The number of anilines is 1. The van der Waals surface area contributed by atoms with Crippen molar-refractivity contribution < 1.29 is 14.3 Å². The van der Waals surface area contributed by atoms with Crippen LogP contribution in [0.15, 0.2) is 18.2 Å². The predicted molar refractivity (Wildman–Crippen MR) is 98.6 cm³/mol. The first-order valence-corrected chi connectivity index (χ1v) is 8.82. The smallest absolute Gasteiger partial charge is 0.271 e. The molecule has 1 unspecified atom stereocenters. The normalized spacial score (nSPS) is 16.9. The summed E-state index contributed by atoms with van der Waals surface area (Å²) < 4.78 is 5.85. The number of amides is 2. The number of hydrogen-bond donors (Lipinski definition) is 1. The number of benzene rings is 1. The van der Waals surface area contributed by atoms with E-state index in [0.717, 1.165) is 18.4 Å². The summed E-state index contributed by atoms with van der Waals surface area (Å²) in [6.07, 6.45) is 1.96. The Morgan fingerprint density at radius 3 is 2.68 bits per heavy atom. The van der Waals surface area contributed by atoms with Gasteiger partial charge in [0.25, 0.3) is 5.91 Å². The number of rotatable bonds is 6. The van der Waals surface area contributed by atoms with Crippen molar-refractivity contribution in [2.24, 2.45) is 5.73 Å². The highest BCUT2D eigenvalue weighted by atomic mass is 16.5. The van der Waals surface area contributed by atoms with Crippen LogP contribution in [0.25, 0.3) is 0 Å². The van der Waals surface area contributed by atoms with E-state index in [-0.39, 0.29) is 24.4 Å². The number of unbranched alkanes of at least 4 members (excludes halogenated alkanes) is 1. The van der Waals surface area contributed by atoms with Crippen LogP contribution in [0.4, 0.5) is 5.69 Å². The Hall–Kier alpha value is -2.08. The zero-order valence-electron chi connectivity index (χ0n) is 15.8. The largest absolute Gasteiger partial charge is 0.476 e. The van der Waals surface area contributed by atoms with Crippen LogP contribution in [-0.4, -0.2) is 42.5 Å². The molecule has 6 heteroatoms. The highest BCUT2D eigenvalue weighted by Crippen LogP contribution is 2.39. The van der Waals surface area contributed by atoms with E-state index in [1.54, 1.807) is 25.8 Å². The lowest BCUT2D eigenvalue weighted by Crippen LogP contribution is -2.55. The molecule has 0 fully saturated rings. The van der Waals surface area contributed by atoms with Crippen molar-refractivity contribution in [1.29, 1.82) is 0 Å². The fourth-order valence-corrected chi connectivity index (χ4v) is 2.80. The molecule has 1 heterocycles. The van der Waals surface area contributed by atoms with E-state index < -0.39 is 5.60 Å². The lowest BCUT2D eigenvalue weighted by Gasteiger charge is -2.39. The van der Waals surface area contributed by atoms with Gasteiger partial charge in [-0.2, -0.15) is 0 Å². The summed E-state index contributed by atoms with van der Waals surface area (Å²) in [5.74, 6) is 0.286. The number of carbonyl (C=O) groups is 2. The van der Waals surface area contributed by atoms with Crippen LogP contribution < -0.4 is 15.4 Å². The Kier molecular flexibility index (Phi) is 5.72. The van der Waals surface area contributed by atoms with E-state index in [9.17, 15) is 9.59 Å². The minimum absolute atomic E-state index is 0.00123. The molecule has 2 rings (SSSR count). The maximum Gasteiger partial charge on any atom is 0.271 e. The molecule has 0 saturated carbocycles. The number of hydrogen-bond acceptors (Lipinski definition) is 4. The minimum atomic E-state index is -1.01. The Bertz CT molecular complexity index is 655. The number of nitrogens with two attached hydrogens (primary N) is 1. The van der Waals surface area contributed by atoms with Gasteiger partial charge in [0.2, 0.25) is 5.91 Å². The summed E-state index contributed by atoms with van der Waals surface area (Å²) in [5, 5.41) is 0. The van der Waals surface area contributed by atoms with Gasteiger partial charge in [0.1, 0.15) is 12.3 Å². The van der Waals surface area contributed by atoms with Crippen LogP contribution in [-0.2, 0) is 9.59 Å². The maximum atomic E-state index is 12.9. The van der Waals surface area contributed by atoms with Gasteiger partial charge in [-0.15, -0.1) is 0 Å². The third-order valence-electron chi connectivity index (χ3n) is 4.49. The Labute approximate surface area is 149 Å². The van der Waals surface area contributed by atoms with Gasteiger partial charge in [0.05, 0.1) is 5.69 Å². The van der Waals surface area contributed by atoms with Crippen LogP contribution >= 0.6 is 0 Å². The van der Waals surface area contributed by atoms with Crippen LogP contribution in [0.5, 0.6) is 5.75 Å². The zero-order chi connectivity index (χ0) is 18.8. The van der Waals surface area contributed by atoms with Gasteiger partial charge in [-0.1, -0.05) is 19.4 Å². The second-order valence-electron chi connectivity index (χ2n) is 7.19. The molecule has 0 radical (unpaired) electrons. The Morgan fingerprint density at radius 2 is 2.08 bits per heavy atom. The fourth-order valence-electron chi connectivity index (χ4n) is 2.80. The van der Waals surface area contributed by atoms with Crippen LogP contribution in [0.2, 0.25) is 0 Å². The number of ether oxygens (including phenoxy) is 1. The standard InChI is InChI=1S/C19H29N3O3/c1-6-7-10-21(5)17(23)12-22-15-11-14(13(2)20)8-9-16(15)25-19(3,4)18(22)24/h8-9,11,13H,6-7,10,12,20H2,1-5H3. The van der Waals surface area contributed by atoms with Gasteiger partial charge in [-0.05, 0) is 44.9 Å². The van der Waals surface area contributed by atoms with E-state index in [2.05, 4.69) is 6.92 Å². The van der Waals surface area contributed by atoms with Gasteiger partial charge in [0, 0.05) is 19.6 Å². The van der Waals surface area contributed by atoms with E-state index in [0.29, 0.717) is 18.0 Å². The predicted octanol–water partition coefficient (Wildman–Crippen LogP) is 2.47. The van der Waals surface area contributed by atoms with Crippen molar-refractivity contribution in [2.45, 2.75) is 52.2 Å². The lowest BCUT2D eigenvalue weighted by atomic mass is 10.0. The fraction of sp³-hybridized carbons (Fsp3) is 0.579. The lowest BCUT2D eigenvalue weighted by molar-refractivity contribution is -0.136. The monoisotopic (exact) mass is 347 g/mol. The van der Waals surface area contributed by atoms with Crippen molar-refractivity contribution in [2.75, 3.05) is 25.0 Å². The van der Waals surface area contributed by atoms with Crippen LogP contribution in [0.3, 0.4) is 0 Å². The van der Waals surface area contributed by atoms with E-state index in [1.807, 2.05) is 25.1 Å². The number of fused-ring (bicyclic) bond motifs is 1. The van der Waals surface area contributed by atoms with E-state index >= 15 is 0 Å². The molecule has 1 aromatic carbocycles. The molecule has 1 aliphatic heterocycles. The van der Waals surface area contributed by atoms with E-state index in [1.165, 1.54) is 4.90 Å². The number of nitrogens with zero attached hydrogens (tertiary/aromatic N) is 2. The third-order valence-corrected chi connectivity index (χ3v) is 4.49. The summed E-state index contributed by atoms with van der Waals surface area (Å²) in [4.78, 5) is 28.6. The maximum absolute atomic E-state index is 12.9. The second kappa shape index (κ2) is 7.44. The molecule has 6 nitrogen and oxygen atoms in total. The van der Waals surface area contributed by atoms with E-state index in [4.69, 9.17) is 10.5 Å². The average Bonchev–Trinajstić information content (AvgIpc) is 2.55. The Morgan fingerprint density at radius 1 is 1.40 bits per heavy atom. The minimum Gasteiger partial charge on any atom is -0.476 e. The third kappa shape index (κ3) is 4.12. The van der Waals surface area contributed by atoms with Gasteiger partial charge in [-0.3, -0.25) is 14.5 Å². The quantitative estimate of drug-likeness (QED) is 0.858. The first kappa shape index (κ1) is 19.2. The van der Waals surface area contributed by atoms with Gasteiger partial charge >= 0.3 is 0 Å². The summed E-state index contributed by atoms with van der Waals surface area (Å²) in [7, 11) is 1.77. The molecule has 25 heavy (non-hydrogen) atoms. The summed E-state index contributed by atoms with van der Waals surface area (Å²) in [5.41, 5.74) is 6.46. The second-order valence-corrected chi connectivity index (χ2v) is 7.19. The first-order chi connectivity index (χ1) is 11.7. The van der Waals surface area contributed by atoms with Crippen LogP contribution in [0, 0.1) is 0 Å². The van der Waals surface area contributed by atoms with Crippen molar-refractivity contribution in [1.82, 2.24) is 4.90 Å². The molecule has 1 aromatic rings. The van der Waals surface area contributed by atoms with Crippen molar-refractivity contribution in [3.05, 3.63) is 23.8 Å². The molecular weight excluding hydrogens is 318 g/mol. The topological polar surface area (TPSA) is 75.9 Å². The van der Waals surface area contributed by atoms with Gasteiger partial charge < -0.3 is 15.4 Å². The molecule has 2 amide bonds. The van der Waals surface area contributed by atoms with Crippen molar-refractivity contribution in [3.8, 4) is 5.75 Å². The molecule has 2 N–H and O–H groups in total. The summed E-state index contributed by atoms with van der Waals surface area (Å²) in [6.45, 7) is 8.08. The Balaban J connectivity index is 2.33. The summed E-state index contributed by atoms with van der Waals surface area (Å²) >= 11 is 0. The highest BCUT2D eigenvalue weighted by Gasteiger charge is 2.42. The molecular formula is C19H29N3O3. The first-order valence-electron chi connectivity index (χ1n) is 8.82. The summed E-state index contributed by atoms with van der Waals surface area (Å²) in [6, 6.07) is 5.38. The SMILES string of the molecule is CCCCN(C)C(=O)CN1C(=O)C(C)(C)Oc2ccc(C(C)N)cc21. The molecule has 138 valence electrons. The van der Waals surface area contributed by atoms with Crippen LogP contribution in [0.1, 0.15) is 52.1 Å². The number of carbonyl (C=O) groups excluding carboxylic acids is 2. The molecule has 0 spiro atoms. The molecule has 1 atom stereocenters. The molecule has 0 bridgehead atoms. The average molecular weight is 347 g/mol.